The summed E-state index contributed by atoms with van der Waals surface area (Å²) in [7, 11) is 0. The number of thiazole rings is 1. The molecule has 7 nitrogen and oxygen atoms in total. The molecule has 0 radical (unpaired) electrons. The maximum absolute atomic E-state index is 10.6. The van der Waals surface area contributed by atoms with Gasteiger partial charge in [0.05, 0.1) is 16.8 Å². The van der Waals surface area contributed by atoms with Crippen LogP contribution >= 0.6 is 11.3 Å². The van der Waals surface area contributed by atoms with Gasteiger partial charge in [-0.1, -0.05) is 0 Å². The van der Waals surface area contributed by atoms with Crippen molar-refractivity contribution in [2.45, 2.75) is 6.92 Å². The van der Waals surface area contributed by atoms with E-state index in [1.807, 2.05) is 12.3 Å². The Morgan fingerprint density at radius 1 is 1.58 bits per heavy atom. The number of anilines is 1. The number of phenolic OH excluding ortho intramolecular Hbond substituents is 1. The first kappa shape index (κ1) is 13.0. The first-order chi connectivity index (χ1) is 9.06. The van der Waals surface area contributed by atoms with E-state index in [0.29, 0.717) is 5.13 Å². The molecule has 19 heavy (non-hydrogen) atoms. The maximum atomic E-state index is 10.6. The number of aryl methyl sites for hydroxylation is 1. The molecule has 0 saturated carbocycles. The third-order valence-corrected chi connectivity index (χ3v) is 3.07. The van der Waals surface area contributed by atoms with Gasteiger partial charge in [-0.15, -0.1) is 11.3 Å². The number of aromatic hydroxyl groups is 1. The highest BCUT2D eigenvalue weighted by Crippen LogP contribution is 2.21. The summed E-state index contributed by atoms with van der Waals surface area (Å²) >= 11 is 1.39. The number of hydrogen-bond acceptors (Lipinski definition) is 7. The van der Waals surface area contributed by atoms with Crippen LogP contribution in [0.3, 0.4) is 0 Å². The zero-order chi connectivity index (χ0) is 13.8. The molecule has 2 aromatic rings. The van der Waals surface area contributed by atoms with E-state index in [4.69, 9.17) is 0 Å². The van der Waals surface area contributed by atoms with Crippen molar-refractivity contribution >= 4 is 28.4 Å². The normalized spacial score (nSPS) is 10.8. The van der Waals surface area contributed by atoms with Crippen LogP contribution in [0.2, 0.25) is 0 Å². The Labute approximate surface area is 112 Å². The molecule has 0 aliphatic carbocycles. The fourth-order valence-corrected chi connectivity index (χ4v) is 1.96. The Bertz CT molecular complexity index is 639. The summed E-state index contributed by atoms with van der Waals surface area (Å²) in [5.74, 6) is -0.0773. The lowest BCUT2D eigenvalue weighted by Gasteiger charge is -1.98. The number of rotatable bonds is 4. The van der Waals surface area contributed by atoms with Crippen molar-refractivity contribution < 1.29 is 10.0 Å². The van der Waals surface area contributed by atoms with Gasteiger partial charge >= 0.3 is 0 Å². The third-order valence-electron chi connectivity index (χ3n) is 2.20. The minimum Gasteiger partial charge on any atom is -0.507 e. The second-order valence-corrected chi connectivity index (χ2v) is 4.52. The summed E-state index contributed by atoms with van der Waals surface area (Å²) in [6, 6.07) is 3.73. The molecule has 1 aromatic heterocycles. The number of hydrogen-bond donors (Lipinski definition) is 2. The lowest BCUT2D eigenvalue weighted by Crippen LogP contribution is -1.93. The minimum atomic E-state index is -0.533. The van der Waals surface area contributed by atoms with E-state index in [9.17, 15) is 15.2 Å². The number of nitro groups is 1. The van der Waals surface area contributed by atoms with Crippen molar-refractivity contribution in [3.8, 4) is 5.75 Å². The van der Waals surface area contributed by atoms with Crippen molar-refractivity contribution in [3.63, 3.8) is 0 Å². The van der Waals surface area contributed by atoms with E-state index in [2.05, 4.69) is 15.5 Å². The fourth-order valence-electron chi connectivity index (χ4n) is 1.32. The summed E-state index contributed by atoms with van der Waals surface area (Å²) < 4.78 is 0. The molecule has 0 saturated heterocycles. The molecule has 0 spiro atoms. The summed E-state index contributed by atoms with van der Waals surface area (Å²) in [5, 5.41) is 26.5. The molecule has 2 rings (SSSR count). The second-order valence-electron chi connectivity index (χ2n) is 3.66. The van der Waals surface area contributed by atoms with Gasteiger partial charge in [-0.3, -0.25) is 15.5 Å². The number of non-ortho nitro benzene ring substituents is 1. The van der Waals surface area contributed by atoms with Crippen LogP contribution in [0.1, 0.15) is 11.3 Å². The first-order valence-corrected chi connectivity index (χ1v) is 6.13. The van der Waals surface area contributed by atoms with Gasteiger partial charge < -0.3 is 5.11 Å². The molecule has 8 heteroatoms. The van der Waals surface area contributed by atoms with Crippen molar-refractivity contribution in [2.24, 2.45) is 5.10 Å². The number of nitrogens with zero attached hydrogens (tertiary/aromatic N) is 3. The minimum absolute atomic E-state index is 0.0773. The number of benzene rings is 1. The molecular formula is C11H10N4O3S. The van der Waals surface area contributed by atoms with Crippen LogP contribution in [0.4, 0.5) is 10.8 Å². The van der Waals surface area contributed by atoms with E-state index >= 15 is 0 Å². The molecular weight excluding hydrogens is 268 g/mol. The Balaban J connectivity index is 2.13. The average molecular weight is 278 g/mol. The standard InChI is InChI=1S/C11H10N4O3S/c1-7-6-19-11(13-7)14-12-5-8-4-9(15(17)18)2-3-10(8)16/h2-6,16H,1H3,(H,13,14)/b12-5+. The molecule has 0 unspecified atom stereocenters. The number of nitro benzene ring substituents is 1. The smallest absolute Gasteiger partial charge is 0.270 e. The Hall–Kier alpha value is -2.48. The maximum Gasteiger partial charge on any atom is 0.270 e. The van der Waals surface area contributed by atoms with Gasteiger partial charge in [-0.05, 0) is 13.0 Å². The molecule has 1 aromatic carbocycles. The lowest BCUT2D eigenvalue weighted by molar-refractivity contribution is -0.384. The van der Waals surface area contributed by atoms with Gasteiger partial charge in [-0.2, -0.15) is 5.10 Å². The third kappa shape index (κ3) is 3.26. The number of hydrazone groups is 1. The highest BCUT2D eigenvalue weighted by molar-refractivity contribution is 7.13. The quantitative estimate of drug-likeness (QED) is 0.508. The summed E-state index contributed by atoms with van der Waals surface area (Å²) in [6.07, 6.45) is 1.30. The van der Waals surface area contributed by atoms with Crippen LogP contribution in [-0.4, -0.2) is 21.2 Å². The topological polar surface area (TPSA) is 101 Å². The van der Waals surface area contributed by atoms with Gasteiger partial charge in [0, 0.05) is 23.1 Å². The van der Waals surface area contributed by atoms with Gasteiger partial charge in [0.25, 0.3) is 5.69 Å². The van der Waals surface area contributed by atoms with Gasteiger partial charge in [0.15, 0.2) is 0 Å². The van der Waals surface area contributed by atoms with Crippen LogP contribution in [0.5, 0.6) is 5.75 Å². The number of aromatic nitrogens is 1. The molecule has 0 fully saturated rings. The van der Waals surface area contributed by atoms with Crippen LogP contribution in [-0.2, 0) is 0 Å². The lowest BCUT2D eigenvalue weighted by atomic mass is 10.2. The highest BCUT2D eigenvalue weighted by Gasteiger charge is 2.08. The van der Waals surface area contributed by atoms with E-state index in [1.165, 1.54) is 35.8 Å². The number of phenols is 1. The predicted molar refractivity (Wildman–Crippen MR) is 72.8 cm³/mol. The molecule has 1 heterocycles. The summed E-state index contributed by atoms with van der Waals surface area (Å²) in [6.45, 7) is 1.86. The second kappa shape index (κ2) is 5.44. The van der Waals surface area contributed by atoms with E-state index in [0.717, 1.165) is 5.69 Å². The van der Waals surface area contributed by atoms with Crippen LogP contribution in [0, 0.1) is 17.0 Å². The molecule has 0 bridgehead atoms. The van der Waals surface area contributed by atoms with E-state index in [-0.39, 0.29) is 17.0 Å². The summed E-state index contributed by atoms with van der Waals surface area (Å²) in [4.78, 5) is 14.2. The molecule has 2 N–H and O–H groups in total. The first-order valence-electron chi connectivity index (χ1n) is 5.25. The average Bonchev–Trinajstić information content (AvgIpc) is 2.77. The highest BCUT2D eigenvalue weighted by atomic mass is 32.1. The van der Waals surface area contributed by atoms with Crippen molar-refractivity contribution in [1.82, 2.24) is 4.98 Å². The zero-order valence-corrected chi connectivity index (χ0v) is 10.7. The van der Waals surface area contributed by atoms with Gasteiger partial charge in [-0.25, -0.2) is 4.98 Å². The molecule has 0 atom stereocenters. The fraction of sp³-hybridized carbons (Fsp3) is 0.0909. The molecule has 98 valence electrons. The summed E-state index contributed by atoms with van der Waals surface area (Å²) in [5.41, 5.74) is 3.71. The predicted octanol–water partition coefficient (Wildman–Crippen LogP) is 2.51. The van der Waals surface area contributed by atoms with Crippen molar-refractivity contribution in [1.29, 1.82) is 0 Å². The monoisotopic (exact) mass is 278 g/mol. The zero-order valence-electron chi connectivity index (χ0n) is 9.90. The van der Waals surface area contributed by atoms with Crippen LogP contribution < -0.4 is 5.43 Å². The molecule has 0 aliphatic heterocycles. The van der Waals surface area contributed by atoms with Gasteiger partial charge in [0.1, 0.15) is 5.75 Å². The van der Waals surface area contributed by atoms with Gasteiger partial charge in [0.2, 0.25) is 5.13 Å². The van der Waals surface area contributed by atoms with Crippen molar-refractivity contribution in [2.75, 3.05) is 5.43 Å². The van der Waals surface area contributed by atoms with Crippen LogP contribution in [0.15, 0.2) is 28.7 Å². The van der Waals surface area contributed by atoms with Crippen molar-refractivity contribution in [3.05, 3.63) is 45.0 Å². The Morgan fingerprint density at radius 3 is 3.00 bits per heavy atom. The van der Waals surface area contributed by atoms with E-state index < -0.39 is 4.92 Å². The SMILES string of the molecule is Cc1csc(N/N=C/c2cc([N+](=O)[O-])ccc2O)n1. The Morgan fingerprint density at radius 2 is 2.37 bits per heavy atom. The van der Waals surface area contributed by atoms with E-state index in [1.54, 1.807) is 0 Å². The molecule has 0 amide bonds. The molecule has 0 aliphatic rings. The largest absolute Gasteiger partial charge is 0.507 e. The Kier molecular flexibility index (Phi) is 3.71. The number of nitrogens with one attached hydrogen (secondary N) is 1. The van der Waals surface area contributed by atoms with Crippen LogP contribution in [0.25, 0.3) is 0 Å².